The van der Waals surface area contributed by atoms with Gasteiger partial charge in [0.1, 0.15) is 17.1 Å². The Balaban J connectivity index is 2.15. The zero-order valence-corrected chi connectivity index (χ0v) is 13.0. The minimum atomic E-state index is 0.690. The average molecular weight is 283 g/mol. The Morgan fingerprint density at radius 1 is 1.10 bits per heavy atom. The highest BCUT2D eigenvalue weighted by molar-refractivity contribution is 5.75. The van der Waals surface area contributed by atoms with Crippen molar-refractivity contribution in [1.82, 2.24) is 0 Å². The molecule has 0 aliphatic heterocycles. The molecule has 0 spiro atoms. The van der Waals surface area contributed by atoms with Gasteiger partial charge in [0.05, 0.1) is 13.2 Å². The summed E-state index contributed by atoms with van der Waals surface area (Å²) in [6.07, 6.45) is 2.01. The van der Waals surface area contributed by atoms with Crippen molar-refractivity contribution >= 4 is 17.7 Å². The fraction of sp³-hybridized carbons (Fsp3) is 0.278. The molecule has 0 unspecified atom stereocenters. The first-order valence-electron chi connectivity index (χ1n) is 7.39. The lowest BCUT2D eigenvalue weighted by Crippen LogP contribution is -2.12. The third-order valence-corrected chi connectivity index (χ3v) is 3.31. The maximum absolute atomic E-state index is 5.51. The number of ether oxygens (including phenoxy) is 1. The minimum absolute atomic E-state index is 0.690. The molecule has 0 saturated heterocycles. The van der Waals surface area contributed by atoms with Gasteiger partial charge in [-0.1, -0.05) is 18.2 Å². The van der Waals surface area contributed by atoms with Crippen LogP contribution in [0.15, 0.2) is 48.5 Å². The molecule has 0 aliphatic rings. The lowest BCUT2D eigenvalue weighted by atomic mass is 10.2. The fourth-order valence-electron chi connectivity index (χ4n) is 2.17. The quantitative estimate of drug-likeness (QED) is 0.488. The van der Waals surface area contributed by atoms with E-state index in [0.717, 1.165) is 18.0 Å². The third-order valence-electron chi connectivity index (χ3n) is 3.31. The van der Waals surface area contributed by atoms with Crippen molar-refractivity contribution in [2.45, 2.75) is 20.8 Å². The number of nitrogens with zero attached hydrogens (tertiary/aromatic N) is 1. The number of rotatable bonds is 6. The molecule has 0 aliphatic carbocycles. The van der Waals surface area contributed by atoms with Crippen molar-refractivity contribution in [1.29, 1.82) is 0 Å². The summed E-state index contributed by atoms with van der Waals surface area (Å²) in [4.78, 5) is 0. The van der Waals surface area contributed by atoms with E-state index < -0.39 is 0 Å². The van der Waals surface area contributed by atoms with Crippen LogP contribution in [0.2, 0.25) is 0 Å². The van der Waals surface area contributed by atoms with Crippen LogP contribution in [0, 0.1) is 6.92 Å². The first kappa shape index (κ1) is 15.1. The number of hydrogen-bond acceptors (Lipinski definition) is 1. The SMILES string of the molecule is CCOc1ccc(NC=[N+](CC)c2ccccc2)c(C)c1. The first-order chi connectivity index (χ1) is 10.2. The van der Waals surface area contributed by atoms with Gasteiger partial charge >= 0.3 is 0 Å². The van der Waals surface area contributed by atoms with Gasteiger partial charge in [0.15, 0.2) is 0 Å². The molecular weight excluding hydrogens is 260 g/mol. The second-order valence-electron chi connectivity index (χ2n) is 4.80. The van der Waals surface area contributed by atoms with E-state index in [-0.39, 0.29) is 0 Å². The Labute approximate surface area is 126 Å². The highest BCUT2D eigenvalue weighted by atomic mass is 16.5. The number of nitrogens with one attached hydrogen (secondary N) is 1. The Hall–Kier alpha value is -2.29. The molecule has 3 nitrogen and oxygen atoms in total. The van der Waals surface area contributed by atoms with Gasteiger partial charge in [0, 0.05) is 0 Å². The molecular formula is C18H23N2O+. The van der Waals surface area contributed by atoms with Crippen LogP contribution >= 0.6 is 0 Å². The van der Waals surface area contributed by atoms with E-state index in [2.05, 4.69) is 48.0 Å². The number of aryl methyl sites for hydroxylation is 1. The Kier molecular flexibility index (Phi) is 5.38. The second kappa shape index (κ2) is 7.48. The van der Waals surface area contributed by atoms with E-state index >= 15 is 0 Å². The zero-order valence-electron chi connectivity index (χ0n) is 13.0. The molecule has 2 aromatic rings. The first-order valence-corrected chi connectivity index (χ1v) is 7.39. The van der Waals surface area contributed by atoms with Gasteiger partial charge in [-0.15, -0.1) is 0 Å². The van der Waals surface area contributed by atoms with Gasteiger partial charge in [-0.3, -0.25) is 0 Å². The standard InChI is InChI=1S/C18H22N2O/c1-4-20(16-9-7-6-8-10-16)14-19-18-12-11-17(21-5-2)13-15(18)3/h6-14H,4-5H2,1-3H3/p+1. The molecule has 2 aromatic carbocycles. The highest BCUT2D eigenvalue weighted by Gasteiger charge is 2.05. The van der Waals surface area contributed by atoms with Crippen molar-refractivity contribution < 1.29 is 9.31 Å². The van der Waals surface area contributed by atoms with E-state index in [1.54, 1.807) is 0 Å². The van der Waals surface area contributed by atoms with E-state index in [1.165, 1.54) is 11.3 Å². The molecule has 1 N–H and O–H groups in total. The highest BCUT2D eigenvalue weighted by Crippen LogP contribution is 2.21. The number of anilines is 1. The molecule has 3 heteroatoms. The van der Waals surface area contributed by atoms with E-state index in [9.17, 15) is 0 Å². The summed E-state index contributed by atoms with van der Waals surface area (Å²) < 4.78 is 7.69. The van der Waals surface area contributed by atoms with Crippen molar-refractivity contribution in [3.8, 4) is 5.75 Å². The maximum atomic E-state index is 5.51. The molecule has 0 atom stereocenters. The monoisotopic (exact) mass is 283 g/mol. The molecule has 0 fully saturated rings. The van der Waals surface area contributed by atoms with Crippen LogP contribution in [0.25, 0.3) is 0 Å². The smallest absolute Gasteiger partial charge is 0.242 e. The zero-order chi connectivity index (χ0) is 15.1. The molecule has 0 aromatic heterocycles. The number of hydrogen-bond donors (Lipinski definition) is 1. The topological polar surface area (TPSA) is 24.3 Å². The van der Waals surface area contributed by atoms with Crippen molar-refractivity contribution in [2.75, 3.05) is 18.5 Å². The molecule has 0 amide bonds. The average Bonchev–Trinajstić information content (AvgIpc) is 2.51. The van der Waals surface area contributed by atoms with Crippen LogP contribution in [0.1, 0.15) is 19.4 Å². The van der Waals surface area contributed by atoms with E-state index in [4.69, 9.17) is 4.74 Å². The normalized spacial score (nSPS) is 11.3. The van der Waals surface area contributed by atoms with Gasteiger partial charge < -0.3 is 4.74 Å². The minimum Gasteiger partial charge on any atom is -0.494 e. The van der Waals surface area contributed by atoms with E-state index in [1.807, 2.05) is 37.5 Å². The van der Waals surface area contributed by atoms with Gasteiger partial charge in [-0.25, -0.2) is 9.89 Å². The van der Waals surface area contributed by atoms with Crippen LogP contribution < -0.4 is 10.1 Å². The van der Waals surface area contributed by atoms with Gasteiger partial charge in [-0.2, -0.15) is 0 Å². The van der Waals surface area contributed by atoms with Crippen LogP contribution in [0.5, 0.6) is 5.75 Å². The number of para-hydroxylation sites is 1. The summed E-state index contributed by atoms with van der Waals surface area (Å²) in [5.74, 6) is 0.913. The molecule has 0 heterocycles. The van der Waals surface area contributed by atoms with Gasteiger partial charge in [0.2, 0.25) is 6.34 Å². The Bertz CT molecular complexity index is 606. The lowest BCUT2D eigenvalue weighted by molar-refractivity contribution is -0.431. The summed E-state index contributed by atoms with van der Waals surface area (Å²) in [5.41, 5.74) is 3.44. The summed E-state index contributed by atoms with van der Waals surface area (Å²) in [6, 6.07) is 16.4. The summed E-state index contributed by atoms with van der Waals surface area (Å²) in [6.45, 7) is 7.81. The van der Waals surface area contributed by atoms with E-state index in [0.29, 0.717) is 6.61 Å². The maximum Gasteiger partial charge on any atom is 0.242 e. The van der Waals surface area contributed by atoms with Crippen LogP contribution in [-0.2, 0) is 0 Å². The fourth-order valence-corrected chi connectivity index (χ4v) is 2.17. The third kappa shape index (κ3) is 4.09. The van der Waals surface area contributed by atoms with Gasteiger partial charge in [-0.05, 0) is 56.7 Å². The largest absolute Gasteiger partial charge is 0.494 e. The lowest BCUT2D eigenvalue weighted by Gasteiger charge is -2.07. The molecule has 21 heavy (non-hydrogen) atoms. The Morgan fingerprint density at radius 2 is 1.86 bits per heavy atom. The van der Waals surface area contributed by atoms with Crippen molar-refractivity contribution in [3.05, 3.63) is 54.1 Å². The molecule has 110 valence electrons. The van der Waals surface area contributed by atoms with Crippen LogP contribution in [0.4, 0.5) is 11.4 Å². The second-order valence-corrected chi connectivity index (χ2v) is 4.80. The summed E-state index contributed by atoms with van der Waals surface area (Å²) in [5, 5.41) is 3.38. The predicted octanol–water partition coefficient (Wildman–Crippen LogP) is 4.20. The molecule has 0 bridgehead atoms. The number of benzene rings is 2. The molecule has 0 radical (unpaired) electrons. The summed E-state index contributed by atoms with van der Waals surface area (Å²) in [7, 11) is 0. The van der Waals surface area contributed by atoms with Crippen LogP contribution in [0.3, 0.4) is 0 Å². The predicted molar refractivity (Wildman–Crippen MR) is 88.9 cm³/mol. The molecule has 2 rings (SSSR count). The van der Waals surface area contributed by atoms with Crippen molar-refractivity contribution in [3.63, 3.8) is 0 Å². The van der Waals surface area contributed by atoms with Crippen molar-refractivity contribution in [2.24, 2.45) is 0 Å². The van der Waals surface area contributed by atoms with Crippen LogP contribution in [-0.4, -0.2) is 24.1 Å². The Morgan fingerprint density at radius 3 is 2.48 bits per heavy atom. The van der Waals surface area contributed by atoms with Gasteiger partial charge in [0.25, 0.3) is 0 Å². The molecule has 0 saturated carbocycles. The summed E-state index contributed by atoms with van der Waals surface area (Å²) >= 11 is 0.